The maximum absolute atomic E-state index is 12.2. The summed E-state index contributed by atoms with van der Waals surface area (Å²) in [6, 6.07) is 6.22. The number of imidazole rings is 1. The molecular weight excluding hydrogens is 246 g/mol. The van der Waals surface area contributed by atoms with Crippen LogP contribution in [-0.2, 0) is 23.0 Å². The van der Waals surface area contributed by atoms with Gasteiger partial charge in [-0.3, -0.25) is 4.21 Å². The Morgan fingerprint density at radius 2 is 2.33 bits per heavy atom. The number of H-pyrrole nitrogens is 1. The van der Waals surface area contributed by atoms with Gasteiger partial charge in [-0.1, -0.05) is 18.2 Å². The molecule has 1 aliphatic heterocycles. The van der Waals surface area contributed by atoms with E-state index in [1.165, 1.54) is 11.3 Å². The lowest BCUT2D eigenvalue weighted by Crippen LogP contribution is -2.14. The van der Waals surface area contributed by atoms with Gasteiger partial charge in [-0.05, 0) is 24.0 Å². The molecule has 0 fully saturated rings. The van der Waals surface area contributed by atoms with E-state index in [-0.39, 0.29) is 0 Å². The highest BCUT2D eigenvalue weighted by Crippen LogP contribution is 2.27. The minimum atomic E-state index is -1.11. The number of aromatic nitrogens is 2. The van der Waals surface area contributed by atoms with Crippen LogP contribution in [0.3, 0.4) is 0 Å². The highest BCUT2D eigenvalue weighted by molar-refractivity contribution is 7.84. The van der Waals surface area contributed by atoms with Crippen LogP contribution in [0, 0.1) is 0 Å². The molecular formula is C13H15N3OS. The van der Waals surface area contributed by atoms with E-state index in [0.29, 0.717) is 10.9 Å². The summed E-state index contributed by atoms with van der Waals surface area (Å²) in [6.07, 6.45) is 5.60. The molecule has 2 heterocycles. The number of fused-ring (bicyclic) bond motifs is 1. The minimum Gasteiger partial charge on any atom is -0.385 e. The van der Waals surface area contributed by atoms with Crippen LogP contribution in [0.5, 0.6) is 0 Å². The first-order valence-corrected chi connectivity index (χ1v) is 7.39. The highest BCUT2D eigenvalue weighted by atomic mass is 32.2. The number of hydrogen-bond acceptors (Lipinski definition) is 3. The second-order valence-corrected chi connectivity index (χ2v) is 5.73. The Labute approximate surface area is 108 Å². The van der Waals surface area contributed by atoms with E-state index in [0.717, 1.165) is 24.9 Å². The van der Waals surface area contributed by atoms with Gasteiger partial charge in [0.15, 0.2) is 5.16 Å². The number of aromatic amines is 1. The van der Waals surface area contributed by atoms with Crippen LogP contribution in [0.4, 0.5) is 5.69 Å². The standard InChI is InChI=1S/C13H15N3OS/c17-18(13-15-7-8-16-13)9-11-4-1-3-10-5-2-6-14-12(10)11/h1,3-4,7-8,14H,2,5-6,9H2,(H,15,16). The number of nitrogens with zero attached hydrogens (tertiary/aromatic N) is 1. The summed E-state index contributed by atoms with van der Waals surface area (Å²) in [6.45, 7) is 0.997. The van der Waals surface area contributed by atoms with Crippen molar-refractivity contribution in [1.29, 1.82) is 0 Å². The normalized spacial score (nSPS) is 15.8. The highest BCUT2D eigenvalue weighted by Gasteiger charge is 2.15. The van der Waals surface area contributed by atoms with Gasteiger partial charge < -0.3 is 10.3 Å². The van der Waals surface area contributed by atoms with Crippen molar-refractivity contribution < 1.29 is 4.21 Å². The number of para-hydroxylation sites is 1. The molecule has 0 amide bonds. The topological polar surface area (TPSA) is 57.8 Å². The van der Waals surface area contributed by atoms with Crippen molar-refractivity contribution in [3.63, 3.8) is 0 Å². The van der Waals surface area contributed by atoms with Crippen molar-refractivity contribution in [3.8, 4) is 0 Å². The fourth-order valence-corrected chi connectivity index (χ4v) is 3.32. The lowest BCUT2D eigenvalue weighted by atomic mass is 10.0. The third-order valence-corrected chi connectivity index (χ3v) is 4.36. The molecule has 4 nitrogen and oxygen atoms in total. The van der Waals surface area contributed by atoms with Crippen molar-refractivity contribution in [1.82, 2.24) is 9.97 Å². The van der Waals surface area contributed by atoms with Crippen LogP contribution in [0.15, 0.2) is 35.7 Å². The zero-order chi connectivity index (χ0) is 12.4. The summed E-state index contributed by atoms with van der Waals surface area (Å²) in [5.74, 6) is 0.504. The van der Waals surface area contributed by atoms with Gasteiger partial charge in [0.1, 0.15) is 0 Å². The number of benzene rings is 1. The van der Waals surface area contributed by atoms with E-state index in [4.69, 9.17) is 0 Å². The summed E-state index contributed by atoms with van der Waals surface area (Å²) in [7, 11) is -1.11. The van der Waals surface area contributed by atoms with E-state index in [1.54, 1.807) is 12.4 Å². The van der Waals surface area contributed by atoms with Crippen LogP contribution in [0.2, 0.25) is 0 Å². The maximum atomic E-state index is 12.2. The van der Waals surface area contributed by atoms with Gasteiger partial charge in [0.25, 0.3) is 0 Å². The van der Waals surface area contributed by atoms with Gasteiger partial charge >= 0.3 is 0 Å². The first-order valence-electron chi connectivity index (χ1n) is 6.07. The smallest absolute Gasteiger partial charge is 0.196 e. The maximum Gasteiger partial charge on any atom is 0.196 e. The molecule has 1 aliphatic rings. The molecule has 3 rings (SSSR count). The van der Waals surface area contributed by atoms with Crippen molar-refractivity contribution >= 4 is 16.5 Å². The third-order valence-electron chi connectivity index (χ3n) is 3.14. The van der Waals surface area contributed by atoms with Crippen LogP contribution in [0.1, 0.15) is 17.5 Å². The monoisotopic (exact) mass is 261 g/mol. The SMILES string of the molecule is O=S(Cc1cccc2c1NCCC2)c1ncc[nH]1. The second kappa shape index (κ2) is 4.94. The summed E-state index contributed by atoms with van der Waals surface area (Å²) in [5, 5.41) is 3.96. The lowest BCUT2D eigenvalue weighted by Gasteiger charge is -2.20. The molecule has 1 aromatic heterocycles. The number of aryl methyl sites for hydroxylation is 1. The number of rotatable bonds is 3. The molecule has 2 N–H and O–H groups in total. The Kier molecular flexibility index (Phi) is 3.15. The molecule has 1 unspecified atom stereocenters. The average Bonchev–Trinajstić information content (AvgIpc) is 2.93. The first kappa shape index (κ1) is 11.5. The molecule has 0 saturated heterocycles. The Bertz CT molecular complexity index is 566. The van der Waals surface area contributed by atoms with Crippen molar-refractivity contribution in [2.24, 2.45) is 0 Å². The summed E-state index contributed by atoms with van der Waals surface area (Å²) in [5.41, 5.74) is 3.61. The number of hydrogen-bond donors (Lipinski definition) is 2. The molecule has 5 heteroatoms. The van der Waals surface area contributed by atoms with Gasteiger partial charge in [-0.2, -0.15) is 0 Å². The van der Waals surface area contributed by atoms with E-state index in [1.807, 2.05) is 12.1 Å². The first-order chi connectivity index (χ1) is 8.84. The third kappa shape index (κ3) is 2.18. The predicted molar refractivity (Wildman–Crippen MR) is 72.0 cm³/mol. The molecule has 0 spiro atoms. The van der Waals surface area contributed by atoms with Gasteiger partial charge in [-0.15, -0.1) is 0 Å². The van der Waals surface area contributed by atoms with Gasteiger partial charge in [0.2, 0.25) is 0 Å². The predicted octanol–water partition coefficient (Wildman–Crippen LogP) is 2.08. The Morgan fingerprint density at radius 3 is 3.17 bits per heavy atom. The molecule has 0 aliphatic carbocycles. The fourth-order valence-electron chi connectivity index (χ4n) is 2.29. The Balaban J connectivity index is 1.87. The Hall–Kier alpha value is -1.62. The fraction of sp³-hybridized carbons (Fsp3) is 0.308. The lowest BCUT2D eigenvalue weighted by molar-refractivity contribution is 0.677. The molecule has 94 valence electrons. The molecule has 0 radical (unpaired) electrons. The Morgan fingerprint density at radius 1 is 1.39 bits per heavy atom. The molecule has 2 aromatic rings. The van der Waals surface area contributed by atoms with Crippen molar-refractivity contribution in [2.45, 2.75) is 23.8 Å². The molecule has 1 aromatic carbocycles. The van der Waals surface area contributed by atoms with Crippen LogP contribution in [-0.4, -0.2) is 20.7 Å². The van der Waals surface area contributed by atoms with Crippen molar-refractivity contribution in [2.75, 3.05) is 11.9 Å². The van der Waals surface area contributed by atoms with Gasteiger partial charge in [0.05, 0.1) is 16.6 Å². The quantitative estimate of drug-likeness (QED) is 0.889. The molecule has 0 saturated carbocycles. The van der Waals surface area contributed by atoms with Crippen LogP contribution in [0.25, 0.3) is 0 Å². The average molecular weight is 261 g/mol. The largest absolute Gasteiger partial charge is 0.385 e. The van der Waals surface area contributed by atoms with Gasteiger partial charge in [0, 0.05) is 24.6 Å². The summed E-state index contributed by atoms with van der Waals surface area (Å²) in [4.78, 5) is 6.95. The minimum absolute atomic E-state index is 0.504. The molecule has 1 atom stereocenters. The van der Waals surface area contributed by atoms with E-state index in [9.17, 15) is 4.21 Å². The van der Waals surface area contributed by atoms with Crippen molar-refractivity contribution in [3.05, 3.63) is 41.7 Å². The molecule has 0 bridgehead atoms. The number of anilines is 1. The second-order valence-electron chi connectivity index (χ2n) is 4.37. The van der Waals surface area contributed by atoms with Crippen LogP contribution < -0.4 is 5.32 Å². The van der Waals surface area contributed by atoms with E-state index < -0.39 is 10.8 Å². The molecule has 18 heavy (non-hydrogen) atoms. The van der Waals surface area contributed by atoms with Gasteiger partial charge in [-0.25, -0.2) is 4.98 Å². The van der Waals surface area contributed by atoms with E-state index >= 15 is 0 Å². The zero-order valence-electron chi connectivity index (χ0n) is 9.98. The van der Waals surface area contributed by atoms with E-state index in [2.05, 4.69) is 21.4 Å². The summed E-state index contributed by atoms with van der Waals surface area (Å²) < 4.78 is 12.2. The van der Waals surface area contributed by atoms with Crippen LogP contribution >= 0.6 is 0 Å². The number of nitrogens with one attached hydrogen (secondary N) is 2. The summed E-state index contributed by atoms with van der Waals surface area (Å²) >= 11 is 0. The zero-order valence-corrected chi connectivity index (χ0v) is 10.8.